The normalized spacial score (nSPS) is 27.9. The van der Waals surface area contributed by atoms with Crippen molar-refractivity contribution in [2.75, 3.05) is 19.6 Å². The maximum atomic E-state index is 11.6. The van der Waals surface area contributed by atoms with Crippen LogP contribution in [0.15, 0.2) is 4.52 Å². The Morgan fingerprint density at radius 3 is 3.00 bits per heavy atom. The van der Waals surface area contributed by atoms with Crippen LogP contribution in [0.5, 0.6) is 0 Å². The predicted octanol–water partition coefficient (Wildman–Crippen LogP) is 0.754. The second kappa shape index (κ2) is 4.30. The average molecular weight is 262 g/mol. The van der Waals surface area contributed by atoms with Crippen LogP contribution in [0.1, 0.15) is 43.3 Å². The van der Waals surface area contributed by atoms with Gasteiger partial charge >= 0.3 is 0 Å². The van der Waals surface area contributed by atoms with E-state index >= 15 is 0 Å². The van der Waals surface area contributed by atoms with Gasteiger partial charge in [-0.25, -0.2) is 0 Å². The summed E-state index contributed by atoms with van der Waals surface area (Å²) in [6, 6.07) is 0.399. The predicted molar refractivity (Wildman–Crippen MR) is 66.3 cm³/mol. The summed E-state index contributed by atoms with van der Waals surface area (Å²) in [4.78, 5) is 20.5. The van der Waals surface area contributed by atoms with Crippen molar-refractivity contribution < 1.29 is 9.32 Å². The first kappa shape index (κ1) is 11.4. The number of hydrogen-bond acceptors (Lipinski definition) is 5. The van der Waals surface area contributed by atoms with Gasteiger partial charge in [0.15, 0.2) is 5.82 Å². The summed E-state index contributed by atoms with van der Waals surface area (Å²) >= 11 is 0. The van der Waals surface area contributed by atoms with Crippen molar-refractivity contribution in [1.29, 1.82) is 0 Å². The lowest BCUT2D eigenvalue weighted by atomic mass is 10.1. The van der Waals surface area contributed by atoms with Crippen LogP contribution >= 0.6 is 0 Å². The third kappa shape index (κ3) is 2.14. The van der Waals surface area contributed by atoms with E-state index in [1.807, 2.05) is 4.90 Å². The molecule has 2 saturated heterocycles. The molecule has 19 heavy (non-hydrogen) atoms. The van der Waals surface area contributed by atoms with Crippen LogP contribution in [0.4, 0.5) is 0 Å². The lowest BCUT2D eigenvalue weighted by Gasteiger charge is -2.36. The van der Waals surface area contributed by atoms with E-state index in [0.29, 0.717) is 24.3 Å². The zero-order valence-corrected chi connectivity index (χ0v) is 10.9. The van der Waals surface area contributed by atoms with E-state index in [9.17, 15) is 4.79 Å². The first-order chi connectivity index (χ1) is 9.29. The van der Waals surface area contributed by atoms with E-state index < -0.39 is 0 Å². The largest absolute Gasteiger partial charge is 0.339 e. The highest BCUT2D eigenvalue weighted by atomic mass is 16.5. The maximum absolute atomic E-state index is 11.6. The minimum atomic E-state index is 0.320. The van der Waals surface area contributed by atoms with Gasteiger partial charge in [0.2, 0.25) is 11.8 Å². The summed E-state index contributed by atoms with van der Waals surface area (Å²) in [6.45, 7) is 3.44. The first-order valence-electron chi connectivity index (χ1n) is 7.14. The highest BCUT2D eigenvalue weighted by Gasteiger charge is 2.36. The Hall–Kier alpha value is -1.43. The molecule has 0 radical (unpaired) electrons. The summed E-state index contributed by atoms with van der Waals surface area (Å²) in [5, 5.41) is 4.06. The van der Waals surface area contributed by atoms with Crippen LogP contribution in [0, 0.1) is 0 Å². The molecule has 1 aliphatic carbocycles. The number of fused-ring (bicyclic) bond motifs is 1. The molecular weight excluding hydrogens is 244 g/mol. The van der Waals surface area contributed by atoms with Gasteiger partial charge in [-0.15, -0.1) is 0 Å². The van der Waals surface area contributed by atoms with Crippen LogP contribution in [0.3, 0.4) is 0 Å². The molecule has 2 aliphatic heterocycles. The second-order valence-electron chi connectivity index (χ2n) is 5.84. The molecule has 3 fully saturated rings. The molecule has 1 aromatic rings. The molecule has 3 aliphatic rings. The second-order valence-corrected chi connectivity index (χ2v) is 5.84. The van der Waals surface area contributed by atoms with Gasteiger partial charge in [0.05, 0.1) is 6.54 Å². The van der Waals surface area contributed by atoms with Crippen LogP contribution in [0.2, 0.25) is 0 Å². The van der Waals surface area contributed by atoms with Crippen LogP contribution in [0.25, 0.3) is 0 Å². The van der Waals surface area contributed by atoms with Crippen LogP contribution < -0.4 is 0 Å². The fourth-order valence-corrected chi connectivity index (χ4v) is 3.10. The quantitative estimate of drug-likeness (QED) is 0.804. The van der Waals surface area contributed by atoms with Crippen molar-refractivity contribution >= 4 is 5.91 Å². The molecule has 3 heterocycles. The Morgan fingerprint density at radius 2 is 2.16 bits per heavy atom. The average Bonchev–Trinajstić information content (AvgIpc) is 3.07. The number of nitrogens with zero attached hydrogens (tertiary/aromatic N) is 4. The van der Waals surface area contributed by atoms with Crippen molar-refractivity contribution in [1.82, 2.24) is 19.9 Å². The van der Waals surface area contributed by atoms with Crippen molar-refractivity contribution in [3.05, 3.63) is 11.7 Å². The van der Waals surface area contributed by atoms with Crippen molar-refractivity contribution in [2.24, 2.45) is 0 Å². The zero-order valence-electron chi connectivity index (χ0n) is 10.9. The Balaban J connectivity index is 1.39. The molecule has 1 unspecified atom stereocenters. The van der Waals surface area contributed by atoms with Gasteiger partial charge in [0, 0.05) is 38.0 Å². The molecule has 1 atom stereocenters. The van der Waals surface area contributed by atoms with Gasteiger partial charge in [-0.3, -0.25) is 9.69 Å². The molecule has 0 spiro atoms. The molecule has 0 aromatic carbocycles. The van der Waals surface area contributed by atoms with Gasteiger partial charge in [0.1, 0.15) is 0 Å². The summed E-state index contributed by atoms with van der Waals surface area (Å²) in [5.41, 5.74) is 0. The Morgan fingerprint density at radius 1 is 1.26 bits per heavy atom. The van der Waals surface area contributed by atoms with E-state index in [1.54, 1.807) is 0 Å². The maximum Gasteiger partial charge on any atom is 0.229 e. The third-order valence-corrected chi connectivity index (χ3v) is 4.35. The molecule has 0 bridgehead atoms. The lowest BCUT2D eigenvalue weighted by molar-refractivity contribution is -0.130. The van der Waals surface area contributed by atoms with E-state index in [-0.39, 0.29) is 0 Å². The third-order valence-electron chi connectivity index (χ3n) is 4.35. The molecule has 1 aromatic heterocycles. The Labute approximate surface area is 111 Å². The van der Waals surface area contributed by atoms with Crippen LogP contribution in [-0.4, -0.2) is 51.5 Å². The lowest BCUT2D eigenvalue weighted by Crippen LogP contribution is -2.51. The van der Waals surface area contributed by atoms with Gasteiger partial charge in [-0.05, 0) is 19.3 Å². The number of piperazine rings is 1. The number of carbonyl (C=O) groups excluding carboxylic acids is 1. The van der Waals surface area contributed by atoms with E-state index in [2.05, 4.69) is 15.0 Å². The molecule has 102 valence electrons. The van der Waals surface area contributed by atoms with Crippen LogP contribution in [-0.2, 0) is 11.3 Å². The Kier molecular flexibility index (Phi) is 2.58. The number of amides is 1. The zero-order chi connectivity index (χ0) is 12.8. The van der Waals surface area contributed by atoms with Gasteiger partial charge in [0.25, 0.3) is 0 Å². The van der Waals surface area contributed by atoms with E-state index in [1.165, 1.54) is 12.8 Å². The summed E-state index contributed by atoms with van der Waals surface area (Å²) in [5.74, 6) is 2.44. The Bertz CT molecular complexity index is 497. The molecule has 0 N–H and O–H groups in total. The summed E-state index contributed by atoms with van der Waals surface area (Å²) < 4.78 is 5.28. The highest BCUT2D eigenvalue weighted by Crippen LogP contribution is 2.38. The summed E-state index contributed by atoms with van der Waals surface area (Å²) in [7, 11) is 0. The molecule has 6 nitrogen and oxygen atoms in total. The minimum absolute atomic E-state index is 0.320. The topological polar surface area (TPSA) is 62.5 Å². The first-order valence-corrected chi connectivity index (χ1v) is 7.14. The molecule has 1 saturated carbocycles. The number of rotatable bonds is 3. The minimum Gasteiger partial charge on any atom is -0.339 e. The number of carbonyl (C=O) groups is 1. The van der Waals surface area contributed by atoms with Gasteiger partial charge < -0.3 is 9.42 Å². The molecule has 1 amide bonds. The SMILES string of the molecule is O=C1CCC2CN(Cc3noc(C4CC4)n3)CCN12. The fourth-order valence-electron chi connectivity index (χ4n) is 3.10. The highest BCUT2D eigenvalue weighted by molar-refractivity contribution is 5.78. The van der Waals surface area contributed by atoms with E-state index in [4.69, 9.17) is 4.52 Å². The van der Waals surface area contributed by atoms with Gasteiger partial charge in [-0.2, -0.15) is 4.98 Å². The van der Waals surface area contributed by atoms with Crippen molar-refractivity contribution in [3.8, 4) is 0 Å². The van der Waals surface area contributed by atoms with Crippen molar-refractivity contribution in [2.45, 2.75) is 44.2 Å². The molecular formula is C13H18N4O2. The fraction of sp³-hybridized carbons (Fsp3) is 0.769. The monoisotopic (exact) mass is 262 g/mol. The van der Waals surface area contributed by atoms with Gasteiger partial charge in [-0.1, -0.05) is 5.16 Å². The van der Waals surface area contributed by atoms with Crippen molar-refractivity contribution in [3.63, 3.8) is 0 Å². The number of aromatic nitrogens is 2. The number of hydrogen-bond donors (Lipinski definition) is 0. The molecule has 6 heteroatoms. The smallest absolute Gasteiger partial charge is 0.229 e. The standard InChI is InChI=1S/C13H18N4O2/c18-12-4-3-10-7-16(5-6-17(10)12)8-11-14-13(19-15-11)9-1-2-9/h9-10H,1-8H2. The van der Waals surface area contributed by atoms with E-state index in [0.717, 1.165) is 44.3 Å². The summed E-state index contributed by atoms with van der Waals surface area (Å²) in [6.07, 6.45) is 4.08. The molecule has 4 rings (SSSR count).